The molecule has 0 fully saturated rings. The third-order valence-corrected chi connectivity index (χ3v) is 2.73. The highest BCUT2D eigenvalue weighted by atomic mass is 16.5. The summed E-state index contributed by atoms with van der Waals surface area (Å²) in [6, 6.07) is 7.41. The number of aryl methyl sites for hydroxylation is 1. The van der Waals surface area contributed by atoms with Crippen LogP contribution in [0, 0.1) is 6.92 Å². The summed E-state index contributed by atoms with van der Waals surface area (Å²) in [6.45, 7) is 2.04. The highest BCUT2D eigenvalue weighted by Gasteiger charge is 2.03. The van der Waals surface area contributed by atoms with E-state index in [-0.39, 0.29) is 12.5 Å². The van der Waals surface area contributed by atoms with Crippen LogP contribution in [-0.4, -0.2) is 28.8 Å². The first-order valence-electron chi connectivity index (χ1n) is 6.13. The number of aromatic nitrogens is 2. The minimum atomic E-state index is -0.203. The van der Waals surface area contributed by atoms with E-state index in [0.717, 1.165) is 17.1 Å². The molecule has 104 valence electrons. The van der Waals surface area contributed by atoms with Gasteiger partial charge in [-0.3, -0.25) is 4.79 Å². The number of benzene rings is 1. The Kier molecular flexibility index (Phi) is 4.49. The van der Waals surface area contributed by atoms with Crippen LogP contribution in [0.4, 0.5) is 0 Å². The predicted molar refractivity (Wildman–Crippen MR) is 75.7 cm³/mol. The third kappa shape index (κ3) is 3.68. The van der Waals surface area contributed by atoms with Crippen molar-refractivity contribution in [1.29, 1.82) is 0 Å². The highest BCUT2D eigenvalue weighted by Crippen LogP contribution is 2.10. The van der Waals surface area contributed by atoms with Crippen LogP contribution in [0.25, 0.3) is 0 Å². The molecule has 20 heavy (non-hydrogen) atoms. The van der Waals surface area contributed by atoms with Gasteiger partial charge in [0.05, 0.1) is 13.3 Å². The Hall–Kier alpha value is -2.63. The lowest BCUT2D eigenvalue weighted by atomic mass is 10.2. The summed E-state index contributed by atoms with van der Waals surface area (Å²) in [5.74, 6) is 1.33. The summed E-state index contributed by atoms with van der Waals surface area (Å²) in [5.41, 5.74) is 3.33. The number of rotatable bonds is 5. The molecule has 0 spiro atoms. The summed E-state index contributed by atoms with van der Waals surface area (Å²) in [7, 11) is 1.60. The number of nitrogens with one attached hydrogen (secondary N) is 1. The molecule has 2 aromatic rings. The van der Waals surface area contributed by atoms with Crippen LogP contribution in [0.2, 0.25) is 0 Å². The number of hydrogen-bond acceptors (Lipinski definition) is 4. The smallest absolute Gasteiger partial charge is 0.260 e. The maximum absolute atomic E-state index is 11.7. The van der Waals surface area contributed by atoms with Crippen molar-refractivity contribution in [3.8, 4) is 5.75 Å². The molecule has 6 nitrogen and oxygen atoms in total. The number of carbonyl (C=O) groups is 1. The van der Waals surface area contributed by atoms with Crippen LogP contribution in [0.1, 0.15) is 11.4 Å². The monoisotopic (exact) mass is 272 g/mol. The second-order valence-corrected chi connectivity index (χ2v) is 4.17. The molecule has 2 rings (SSSR count). The molecule has 1 N–H and O–H groups in total. The first kappa shape index (κ1) is 13.8. The summed E-state index contributed by atoms with van der Waals surface area (Å²) in [5, 5.41) is 3.91. The Labute approximate surface area is 117 Å². The van der Waals surface area contributed by atoms with E-state index in [9.17, 15) is 4.79 Å². The van der Waals surface area contributed by atoms with Crippen LogP contribution in [0.15, 0.2) is 41.8 Å². The van der Waals surface area contributed by atoms with Crippen LogP contribution in [-0.2, 0) is 11.3 Å². The van der Waals surface area contributed by atoms with E-state index >= 15 is 0 Å². The third-order valence-electron chi connectivity index (χ3n) is 2.73. The number of amides is 1. The Bertz CT molecular complexity index is 619. The number of methoxy groups -OCH3 is 1. The maximum Gasteiger partial charge on any atom is 0.260 e. The van der Waals surface area contributed by atoms with E-state index in [4.69, 9.17) is 4.74 Å². The standard InChI is InChI=1S/C14H16N4O2/c1-11-15-6-7-18(11)10-14(19)17-16-9-12-4-3-5-13(8-12)20-2/h3-9H,10H2,1-2H3,(H,17,19)/b16-9-. The zero-order valence-electron chi connectivity index (χ0n) is 11.4. The van der Waals surface area contributed by atoms with E-state index < -0.39 is 0 Å². The Morgan fingerprint density at radius 1 is 1.55 bits per heavy atom. The van der Waals surface area contributed by atoms with Gasteiger partial charge in [0.2, 0.25) is 0 Å². The first-order valence-corrected chi connectivity index (χ1v) is 6.13. The number of hydrazone groups is 1. The van der Waals surface area contributed by atoms with Gasteiger partial charge in [0, 0.05) is 12.4 Å². The molecule has 1 heterocycles. The summed E-state index contributed by atoms with van der Waals surface area (Å²) < 4.78 is 6.85. The van der Waals surface area contributed by atoms with E-state index in [1.165, 1.54) is 0 Å². The van der Waals surface area contributed by atoms with Gasteiger partial charge in [-0.2, -0.15) is 5.10 Å². The molecule has 0 saturated carbocycles. The van der Waals surface area contributed by atoms with Gasteiger partial charge >= 0.3 is 0 Å². The van der Waals surface area contributed by atoms with Crippen molar-refractivity contribution in [3.63, 3.8) is 0 Å². The van der Waals surface area contributed by atoms with Gasteiger partial charge in [0.15, 0.2) is 0 Å². The number of hydrogen-bond donors (Lipinski definition) is 1. The number of nitrogens with zero attached hydrogens (tertiary/aromatic N) is 3. The van der Waals surface area contributed by atoms with Crippen molar-refractivity contribution in [2.75, 3.05) is 7.11 Å². The quantitative estimate of drug-likeness (QED) is 0.660. The summed E-state index contributed by atoms with van der Waals surface area (Å²) in [6.07, 6.45) is 4.98. The van der Waals surface area contributed by atoms with Gasteiger partial charge in [-0.05, 0) is 24.6 Å². The average molecular weight is 272 g/mol. The fraction of sp³-hybridized carbons (Fsp3) is 0.214. The predicted octanol–water partition coefficient (Wildman–Crippen LogP) is 1.35. The molecule has 6 heteroatoms. The van der Waals surface area contributed by atoms with Crippen LogP contribution >= 0.6 is 0 Å². The first-order chi connectivity index (χ1) is 9.69. The Morgan fingerprint density at radius 2 is 2.40 bits per heavy atom. The van der Waals surface area contributed by atoms with E-state index in [0.29, 0.717) is 0 Å². The molecule has 0 aliphatic carbocycles. The van der Waals surface area contributed by atoms with Crippen LogP contribution in [0.3, 0.4) is 0 Å². The van der Waals surface area contributed by atoms with Gasteiger partial charge in [0.1, 0.15) is 18.1 Å². The minimum absolute atomic E-state index is 0.196. The molecular weight excluding hydrogens is 256 g/mol. The molecule has 1 aromatic heterocycles. The molecule has 0 radical (unpaired) electrons. The van der Waals surface area contributed by atoms with Gasteiger partial charge in [0.25, 0.3) is 5.91 Å². The molecular formula is C14H16N4O2. The van der Waals surface area contributed by atoms with Crippen LogP contribution in [0.5, 0.6) is 5.75 Å². The number of carbonyl (C=O) groups excluding carboxylic acids is 1. The molecule has 1 amide bonds. The molecule has 0 bridgehead atoms. The lowest BCUT2D eigenvalue weighted by molar-refractivity contribution is -0.121. The maximum atomic E-state index is 11.7. The second kappa shape index (κ2) is 6.51. The van der Waals surface area contributed by atoms with Gasteiger partial charge in [-0.1, -0.05) is 12.1 Å². The fourth-order valence-electron chi connectivity index (χ4n) is 1.66. The Balaban J connectivity index is 1.89. The Morgan fingerprint density at radius 3 is 3.10 bits per heavy atom. The highest BCUT2D eigenvalue weighted by molar-refractivity contribution is 5.82. The molecule has 1 aromatic carbocycles. The van der Waals surface area contributed by atoms with Gasteiger partial charge in [-0.25, -0.2) is 10.4 Å². The fourth-order valence-corrected chi connectivity index (χ4v) is 1.66. The minimum Gasteiger partial charge on any atom is -0.497 e. The SMILES string of the molecule is COc1cccc(/C=N\NC(=O)Cn2ccnc2C)c1. The molecule has 0 aliphatic heterocycles. The molecule has 0 atom stereocenters. The van der Waals surface area contributed by atoms with Gasteiger partial charge in [-0.15, -0.1) is 0 Å². The summed E-state index contributed by atoms with van der Waals surface area (Å²) in [4.78, 5) is 15.7. The number of imidazole rings is 1. The lowest BCUT2D eigenvalue weighted by Gasteiger charge is -2.03. The molecule has 0 unspecified atom stereocenters. The summed E-state index contributed by atoms with van der Waals surface area (Å²) >= 11 is 0. The van der Waals surface area contributed by atoms with Crippen molar-refractivity contribution in [3.05, 3.63) is 48.0 Å². The van der Waals surface area contributed by atoms with E-state index in [2.05, 4.69) is 15.5 Å². The second-order valence-electron chi connectivity index (χ2n) is 4.17. The van der Waals surface area contributed by atoms with E-state index in [1.807, 2.05) is 31.2 Å². The van der Waals surface area contributed by atoms with E-state index in [1.54, 1.807) is 30.3 Å². The molecule has 0 saturated heterocycles. The molecule has 0 aliphatic rings. The normalized spacial score (nSPS) is 10.7. The van der Waals surface area contributed by atoms with Crippen LogP contribution < -0.4 is 10.2 Å². The largest absolute Gasteiger partial charge is 0.497 e. The topological polar surface area (TPSA) is 68.5 Å². The lowest BCUT2D eigenvalue weighted by Crippen LogP contribution is -2.23. The zero-order valence-corrected chi connectivity index (χ0v) is 11.4. The average Bonchev–Trinajstić information content (AvgIpc) is 2.84. The number of ether oxygens (including phenoxy) is 1. The van der Waals surface area contributed by atoms with Crippen molar-refractivity contribution in [2.24, 2.45) is 5.10 Å². The van der Waals surface area contributed by atoms with Crippen molar-refractivity contribution >= 4 is 12.1 Å². The van der Waals surface area contributed by atoms with Gasteiger partial charge < -0.3 is 9.30 Å². The zero-order chi connectivity index (χ0) is 14.4. The van der Waals surface area contributed by atoms with Crippen molar-refractivity contribution < 1.29 is 9.53 Å². The van der Waals surface area contributed by atoms with Crippen molar-refractivity contribution in [1.82, 2.24) is 15.0 Å². The van der Waals surface area contributed by atoms with Crippen molar-refractivity contribution in [2.45, 2.75) is 13.5 Å².